The second kappa shape index (κ2) is 20.3. The molecule has 68 heavy (non-hydrogen) atoms. The van der Waals surface area contributed by atoms with Crippen molar-refractivity contribution in [2.75, 3.05) is 9.80 Å². The van der Waals surface area contributed by atoms with Gasteiger partial charge in [0.15, 0.2) is 0 Å². The van der Waals surface area contributed by atoms with E-state index in [2.05, 4.69) is 216 Å². The Kier molecular flexibility index (Phi) is 13.1. The molecule has 340 valence electrons. The second-order valence-electron chi connectivity index (χ2n) is 20.1. The van der Waals surface area contributed by atoms with E-state index in [9.17, 15) is 0 Å². The highest BCUT2D eigenvalue weighted by Gasteiger charge is 2.36. The summed E-state index contributed by atoms with van der Waals surface area (Å²) in [5, 5.41) is 0. The average Bonchev–Trinajstić information content (AvgIpc) is 3.43. The summed E-state index contributed by atoms with van der Waals surface area (Å²) in [5.41, 5.74) is 17.9. The minimum atomic E-state index is -0.0261. The highest BCUT2D eigenvalue weighted by Crippen LogP contribution is 2.47. The second-order valence-corrected chi connectivity index (χ2v) is 20.1. The summed E-state index contributed by atoms with van der Waals surface area (Å²) in [6.45, 7) is 0. The van der Waals surface area contributed by atoms with Crippen molar-refractivity contribution in [3.8, 4) is 22.3 Å². The Bertz CT molecular complexity index is 2810. The monoisotopic (exact) mass is 887 g/mol. The van der Waals surface area contributed by atoms with Gasteiger partial charge in [0, 0.05) is 39.5 Å². The van der Waals surface area contributed by atoms with Gasteiger partial charge in [-0.15, -0.1) is 0 Å². The number of para-hydroxylation sites is 2. The zero-order chi connectivity index (χ0) is 45.5. The molecule has 3 aliphatic carbocycles. The van der Waals surface area contributed by atoms with Crippen LogP contribution in [0.5, 0.6) is 0 Å². The van der Waals surface area contributed by atoms with Gasteiger partial charge in [-0.25, -0.2) is 0 Å². The fourth-order valence-corrected chi connectivity index (χ4v) is 12.2. The van der Waals surface area contributed by atoms with Gasteiger partial charge >= 0.3 is 0 Å². The van der Waals surface area contributed by atoms with Crippen LogP contribution in [0.1, 0.15) is 130 Å². The zero-order valence-electron chi connectivity index (χ0n) is 39.8. The van der Waals surface area contributed by atoms with Gasteiger partial charge in [-0.2, -0.15) is 0 Å². The molecule has 3 fully saturated rings. The molecule has 0 aliphatic heterocycles. The number of nitrogens with zero attached hydrogens (tertiary/aromatic N) is 2. The molecule has 0 saturated heterocycles. The van der Waals surface area contributed by atoms with Crippen LogP contribution < -0.4 is 9.80 Å². The molecule has 8 aromatic rings. The van der Waals surface area contributed by atoms with E-state index in [4.69, 9.17) is 0 Å². The van der Waals surface area contributed by atoms with Gasteiger partial charge in [-0.1, -0.05) is 191 Å². The first kappa shape index (κ1) is 43.9. The molecular formula is C66H66N2. The van der Waals surface area contributed by atoms with Gasteiger partial charge in [-0.05, 0) is 168 Å². The van der Waals surface area contributed by atoms with Crippen molar-refractivity contribution in [1.29, 1.82) is 0 Å². The number of hydrogen-bond donors (Lipinski definition) is 0. The molecule has 0 N–H and O–H groups in total. The van der Waals surface area contributed by atoms with Gasteiger partial charge in [0.25, 0.3) is 0 Å². The summed E-state index contributed by atoms with van der Waals surface area (Å²) >= 11 is 0. The maximum atomic E-state index is 2.43. The Morgan fingerprint density at radius 2 is 0.544 bits per heavy atom. The van der Waals surface area contributed by atoms with Crippen molar-refractivity contribution in [2.24, 2.45) is 0 Å². The van der Waals surface area contributed by atoms with E-state index in [0.717, 1.165) is 30.1 Å². The topological polar surface area (TPSA) is 6.48 Å². The Balaban J connectivity index is 0.845. The van der Waals surface area contributed by atoms with Crippen LogP contribution in [0, 0.1) is 0 Å². The summed E-state index contributed by atoms with van der Waals surface area (Å²) in [4.78, 5) is 4.82. The quantitative estimate of drug-likeness (QED) is 0.121. The van der Waals surface area contributed by atoms with Gasteiger partial charge in [0.2, 0.25) is 0 Å². The van der Waals surface area contributed by atoms with Crippen LogP contribution in [-0.4, -0.2) is 0 Å². The zero-order valence-corrected chi connectivity index (χ0v) is 39.8. The molecule has 3 aliphatic rings. The SMILES string of the molecule is c1ccc(N(c2ccc(-c3ccc(-c4ccc(C5CCCCC5)cc4)cc3)cc2)c2ccc(C3(c4ccc(N(c5ccccc5)c5ccc(C6CCCCC6)cc5)cc4)CCCCC3)cc2)cc1. The summed E-state index contributed by atoms with van der Waals surface area (Å²) < 4.78 is 0. The van der Waals surface area contributed by atoms with Crippen LogP contribution in [0.3, 0.4) is 0 Å². The number of rotatable bonds is 12. The molecule has 0 unspecified atom stereocenters. The number of anilines is 6. The molecule has 2 heteroatoms. The van der Waals surface area contributed by atoms with E-state index in [0.29, 0.717) is 5.92 Å². The maximum absolute atomic E-state index is 2.43. The maximum Gasteiger partial charge on any atom is 0.0462 e. The summed E-state index contributed by atoms with van der Waals surface area (Å²) in [5.74, 6) is 1.44. The molecule has 11 rings (SSSR count). The molecule has 0 atom stereocenters. The molecule has 0 heterocycles. The van der Waals surface area contributed by atoms with E-state index in [1.807, 2.05) is 0 Å². The minimum absolute atomic E-state index is 0.0261. The standard InChI is InChI=1S/C66H66N2/c1-6-16-50(17-7-1)52-24-26-53(27-25-52)54-28-30-55(31-29-54)57-34-42-63(43-35-57)68(61-22-12-4-13-23-61)65-46-38-59(39-47-65)66(48-14-5-15-49-66)58-36-44-64(45-37-58)67(60-20-10-3-11-21-60)62-40-32-56(33-41-62)51-18-8-2-9-19-51/h3-4,10-13,20-47,50-51H,1-2,5-9,14-19,48-49H2. The third kappa shape index (κ3) is 9.31. The lowest BCUT2D eigenvalue weighted by atomic mass is 9.65. The fourth-order valence-electron chi connectivity index (χ4n) is 12.2. The van der Waals surface area contributed by atoms with Crippen molar-refractivity contribution in [3.63, 3.8) is 0 Å². The van der Waals surface area contributed by atoms with E-state index >= 15 is 0 Å². The van der Waals surface area contributed by atoms with Crippen LogP contribution in [0.4, 0.5) is 34.1 Å². The molecule has 0 aromatic heterocycles. The number of benzene rings is 8. The van der Waals surface area contributed by atoms with Crippen molar-refractivity contribution < 1.29 is 0 Å². The highest BCUT2D eigenvalue weighted by atomic mass is 15.1. The molecule has 0 radical (unpaired) electrons. The largest absolute Gasteiger partial charge is 0.311 e. The predicted octanol–water partition coefficient (Wildman–Crippen LogP) is 19.3. The van der Waals surface area contributed by atoms with Crippen LogP contribution in [-0.2, 0) is 5.41 Å². The molecular weight excluding hydrogens is 821 g/mol. The Labute approximate surface area is 406 Å². The lowest BCUT2D eigenvalue weighted by Gasteiger charge is -2.39. The van der Waals surface area contributed by atoms with Crippen molar-refractivity contribution in [3.05, 3.63) is 229 Å². The van der Waals surface area contributed by atoms with Crippen molar-refractivity contribution >= 4 is 34.1 Å². The summed E-state index contributed by atoms with van der Waals surface area (Å²) in [6, 6.07) is 77.9. The summed E-state index contributed by atoms with van der Waals surface area (Å²) in [6.07, 6.45) is 19.7. The van der Waals surface area contributed by atoms with E-state index in [1.54, 1.807) is 0 Å². The molecule has 0 bridgehead atoms. The molecule has 0 spiro atoms. The normalized spacial score (nSPS) is 16.5. The first-order chi connectivity index (χ1) is 33.7. The van der Waals surface area contributed by atoms with Gasteiger partial charge in [0.05, 0.1) is 0 Å². The molecule has 0 amide bonds. The number of hydrogen-bond acceptors (Lipinski definition) is 2. The fraction of sp³-hybridized carbons (Fsp3) is 0.273. The minimum Gasteiger partial charge on any atom is -0.311 e. The molecule has 8 aromatic carbocycles. The lowest BCUT2D eigenvalue weighted by Crippen LogP contribution is -2.30. The predicted molar refractivity (Wildman–Crippen MR) is 289 cm³/mol. The van der Waals surface area contributed by atoms with E-state index in [-0.39, 0.29) is 5.41 Å². The van der Waals surface area contributed by atoms with Crippen molar-refractivity contribution in [2.45, 2.75) is 114 Å². The smallest absolute Gasteiger partial charge is 0.0462 e. The summed E-state index contributed by atoms with van der Waals surface area (Å²) in [7, 11) is 0. The highest BCUT2D eigenvalue weighted by molar-refractivity contribution is 5.80. The lowest BCUT2D eigenvalue weighted by molar-refractivity contribution is 0.346. The Morgan fingerprint density at radius 1 is 0.265 bits per heavy atom. The van der Waals surface area contributed by atoms with Crippen LogP contribution in [0.2, 0.25) is 0 Å². The Hall–Kier alpha value is -6.64. The molecule has 2 nitrogen and oxygen atoms in total. The van der Waals surface area contributed by atoms with Crippen molar-refractivity contribution in [1.82, 2.24) is 0 Å². The third-order valence-electron chi connectivity index (χ3n) is 16.0. The molecule has 3 saturated carbocycles. The first-order valence-corrected chi connectivity index (χ1v) is 26.0. The van der Waals surface area contributed by atoms with Gasteiger partial charge < -0.3 is 9.80 Å². The van der Waals surface area contributed by atoms with Crippen LogP contribution in [0.15, 0.2) is 206 Å². The van der Waals surface area contributed by atoms with Crippen LogP contribution >= 0.6 is 0 Å². The average molecular weight is 887 g/mol. The van der Waals surface area contributed by atoms with E-state index in [1.165, 1.54) is 151 Å². The third-order valence-corrected chi connectivity index (χ3v) is 16.0. The van der Waals surface area contributed by atoms with E-state index < -0.39 is 0 Å². The first-order valence-electron chi connectivity index (χ1n) is 26.0. The van der Waals surface area contributed by atoms with Gasteiger partial charge in [0.1, 0.15) is 0 Å². The Morgan fingerprint density at radius 3 is 0.926 bits per heavy atom. The van der Waals surface area contributed by atoms with Gasteiger partial charge in [-0.3, -0.25) is 0 Å². The van der Waals surface area contributed by atoms with Crippen LogP contribution in [0.25, 0.3) is 22.3 Å².